The Balaban J connectivity index is 1.57. The number of benzene rings is 2. The monoisotopic (exact) mass is 519 g/mol. The van der Waals surface area contributed by atoms with Crippen molar-refractivity contribution >= 4 is 28.9 Å². The number of alkyl halides is 3. The Labute approximate surface area is 200 Å². The van der Waals surface area contributed by atoms with E-state index in [1.54, 1.807) is 25.1 Å². The molecule has 34 heavy (non-hydrogen) atoms. The maximum absolute atomic E-state index is 14.6. The molecule has 0 radical (unpaired) electrons. The molecule has 0 saturated carbocycles. The van der Waals surface area contributed by atoms with Gasteiger partial charge in [0.05, 0.1) is 15.8 Å². The van der Waals surface area contributed by atoms with Crippen LogP contribution in [-0.4, -0.2) is 27.7 Å². The first-order chi connectivity index (χ1) is 15.9. The minimum Gasteiger partial charge on any atom is -0.488 e. The molecule has 0 amide bonds. The maximum atomic E-state index is 14.6. The summed E-state index contributed by atoms with van der Waals surface area (Å²) in [5.41, 5.74) is -2.28. The second-order valence-corrected chi connectivity index (χ2v) is 8.70. The number of ether oxygens (including phenoxy) is 1. The van der Waals surface area contributed by atoms with Gasteiger partial charge in [-0.2, -0.15) is 18.3 Å². The molecule has 2 aromatic carbocycles. The Kier molecular flexibility index (Phi) is 6.24. The Bertz CT molecular complexity index is 1290. The van der Waals surface area contributed by atoms with Crippen molar-refractivity contribution in [3.63, 3.8) is 0 Å². The van der Waals surface area contributed by atoms with Gasteiger partial charge in [-0.15, -0.1) is 0 Å². The summed E-state index contributed by atoms with van der Waals surface area (Å²) >= 11 is 12.0. The summed E-state index contributed by atoms with van der Waals surface area (Å²) in [6, 6.07) is 8.10. The van der Waals surface area contributed by atoms with Gasteiger partial charge in [-0.1, -0.05) is 46.6 Å². The summed E-state index contributed by atoms with van der Waals surface area (Å²) in [4.78, 5) is 5.46. The molecule has 3 aromatic rings. The third kappa shape index (κ3) is 4.56. The van der Waals surface area contributed by atoms with Gasteiger partial charge in [0.1, 0.15) is 29.7 Å². The molecule has 2 heterocycles. The number of hydrogen-bond acceptors (Lipinski definition) is 4. The van der Waals surface area contributed by atoms with Crippen LogP contribution < -0.4 is 4.74 Å². The van der Waals surface area contributed by atoms with Crippen molar-refractivity contribution in [1.29, 1.82) is 0 Å². The Morgan fingerprint density at radius 3 is 2.47 bits per heavy atom. The van der Waals surface area contributed by atoms with Crippen LogP contribution in [0.25, 0.3) is 11.3 Å². The standard InChI is InChI=1S/C22H16Cl2F5N3O2/c1-21(9-16(31-34-21)11-5-3-4-6-14(11)25)10-33-17-7-12(15(26)8-13(17)23)19-18(24)20(22(27,28)29)32(2)30-19/h3-8H,9-10H2,1-2H3. The smallest absolute Gasteiger partial charge is 0.434 e. The van der Waals surface area contributed by atoms with Crippen molar-refractivity contribution in [3.05, 3.63) is 69.3 Å². The predicted molar refractivity (Wildman–Crippen MR) is 116 cm³/mol. The topological polar surface area (TPSA) is 48.6 Å². The van der Waals surface area contributed by atoms with E-state index in [9.17, 15) is 22.0 Å². The fraction of sp³-hybridized carbons (Fsp3) is 0.273. The maximum Gasteiger partial charge on any atom is 0.434 e. The summed E-state index contributed by atoms with van der Waals surface area (Å²) < 4.78 is 74.7. The van der Waals surface area contributed by atoms with Crippen LogP contribution in [0.2, 0.25) is 10.0 Å². The molecular formula is C22H16Cl2F5N3O2. The number of hydrogen-bond donors (Lipinski definition) is 0. The highest BCUT2D eigenvalue weighted by atomic mass is 35.5. The molecule has 5 nitrogen and oxygen atoms in total. The molecule has 0 spiro atoms. The van der Waals surface area contributed by atoms with Crippen LogP contribution in [0, 0.1) is 11.6 Å². The molecule has 0 bridgehead atoms. The van der Waals surface area contributed by atoms with Gasteiger partial charge in [-0.25, -0.2) is 8.78 Å². The van der Waals surface area contributed by atoms with Crippen LogP contribution >= 0.6 is 23.2 Å². The van der Waals surface area contributed by atoms with E-state index in [1.165, 1.54) is 6.07 Å². The minimum absolute atomic E-state index is 0.0301. The molecule has 1 unspecified atom stereocenters. The molecule has 180 valence electrons. The quantitative estimate of drug-likeness (QED) is 0.354. The van der Waals surface area contributed by atoms with Crippen molar-refractivity contribution in [2.24, 2.45) is 12.2 Å². The van der Waals surface area contributed by atoms with Gasteiger partial charge in [0, 0.05) is 24.6 Å². The summed E-state index contributed by atoms with van der Waals surface area (Å²) in [5, 5.41) is 6.80. The van der Waals surface area contributed by atoms with E-state index in [-0.39, 0.29) is 29.4 Å². The predicted octanol–water partition coefficient (Wildman–Crippen LogP) is 6.65. The lowest BCUT2D eigenvalue weighted by Gasteiger charge is -2.22. The van der Waals surface area contributed by atoms with Crippen molar-refractivity contribution < 1.29 is 31.5 Å². The van der Waals surface area contributed by atoms with E-state index in [2.05, 4.69) is 10.3 Å². The van der Waals surface area contributed by atoms with Crippen molar-refractivity contribution in [2.45, 2.75) is 25.1 Å². The van der Waals surface area contributed by atoms with Gasteiger partial charge in [0.2, 0.25) is 0 Å². The SMILES string of the molecule is Cn1nc(-c2cc(OCC3(C)CC(c4ccccc4F)=NO3)c(Cl)cc2F)c(Cl)c1C(F)(F)F. The summed E-state index contributed by atoms with van der Waals surface area (Å²) in [7, 11) is 1.05. The molecule has 1 aliphatic heterocycles. The first kappa shape index (κ1) is 24.3. The van der Waals surface area contributed by atoms with Gasteiger partial charge in [-0.05, 0) is 25.1 Å². The number of oxime groups is 1. The van der Waals surface area contributed by atoms with Gasteiger partial charge in [0.25, 0.3) is 0 Å². The average molecular weight is 520 g/mol. The highest BCUT2D eigenvalue weighted by Crippen LogP contribution is 2.42. The Morgan fingerprint density at radius 2 is 1.82 bits per heavy atom. The van der Waals surface area contributed by atoms with Gasteiger partial charge >= 0.3 is 6.18 Å². The number of aryl methyl sites for hydroxylation is 1. The normalized spacial score (nSPS) is 18.1. The summed E-state index contributed by atoms with van der Waals surface area (Å²) in [6.45, 7) is 1.55. The zero-order chi connectivity index (χ0) is 24.8. The first-order valence-electron chi connectivity index (χ1n) is 9.81. The van der Waals surface area contributed by atoms with Gasteiger partial charge in [0.15, 0.2) is 11.3 Å². The Hall–Kier alpha value is -2.85. The lowest BCUT2D eigenvalue weighted by atomic mass is 9.96. The van der Waals surface area contributed by atoms with E-state index in [0.29, 0.717) is 16.0 Å². The van der Waals surface area contributed by atoms with Crippen LogP contribution in [0.1, 0.15) is 24.6 Å². The summed E-state index contributed by atoms with van der Waals surface area (Å²) in [5.74, 6) is -1.41. The van der Waals surface area contributed by atoms with Crippen molar-refractivity contribution in [2.75, 3.05) is 6.61 Å². The lowest BCUT2D eigenvalue weighted by Crippen LogP contribution is -2.33. The molecule has 0 N–H and O–H groups in total. The van der Waals surface area contributed by atoms with Crippen LogP contribution in [0.4, 0.5) is 22.0 Å². The van der Waals surface area contributed by atoms with Gasteiger partial charge < -0.3 is 9.57 Å². The second-order valence-electron chi connectivity index (χ2n) is 7.92. The fourth-order valence-electron chi connectivity index (χ4n) is 3.53. The minimum atomic E-state index is -4.79. The van der Waals surface area contributed by atoms with Gasteiger partial charge in [-0.3, -0.25) is 4.68 Å². The number of halogens is 7. The third-order valence-corrected chi connectivity index (χ3v) is 5.82. The molecule has 0 fully saturated rings. The second kappa shape index (κ2) is 8.74. The van der Waals surface area contributed by atoms with E-state index in [4.69, 9.17) is 32.8 Å². The van der Waals surface area contributed by atoms with Crippen LogP contribution in [-0.2, 0) is 18.1 Å². The first-order valence-corrected chi connectivity index (χ1v) is 10.6. The molecular weight excluding hydrogens is 504 g/mol. The largest absolute Gasteiger partial charge is 0.488 e. The van der Waals surface area contributed by atoms with Crippen LogP contribution in [0.5, 0.6) is 5.75 Å². The molecule has 1 atom stereocenters. The number of nitrogens with zero attached hydrogens (tertiary/aromatic N) is 3. The van der Waals surface area contributed by atoms with Crippen molar-refractivity contribution in [3.8, 4) is 17.0 Å². The Morgan fingerprint density at radius 1 is 1.12 bits per heavy atom. The van der Waals surface area contributed by atoms with E-state index >= 15 is 0 Å². The molecule has 1 aromatic heterocycles. The van der Waals surface area contributed by atoms with E-state index in [0.717, 1.165) is 19.2 Å². The fourth-order valence-corrected chi connectivity index (χ4v) is 4.10. The molecule has 1 aliphatic rings. The molecule has 4 rings (SSSR count). The number of rotatable bonds is 5. The zero-order valence-corrected chi connectivity index (χ0v) is 19.2. The van der Waals surface area contributed by atoms with E-state index in [1.807, 2.05) is 0 Å². The number of aromatic nitrogens is 2. The van der Waals surface area contributed by atoms with E-state index < -0.39 is 39.8 Å². The summed E-state index contributed by atoms with van der Waals surface area (Å²) in [6.07, 6.45) is -4.58. The van der Waals surface area contributed by atoms with Crippen LogP contribution in [0.3, 0.4) is 0 Å². The van der Waals surface area contributed by atoms with Crippen molar-refractivity contribution in [1.82, 2.24) is 9.78 Å². The zero-order valence-electron chi connectivity index (χ0n) is 17.7. The highest BCUT2D eigenvalue weighted by Gasteiger charge is 2.40. The van der Waals surface area contributed by atoms with Crippen LogP contribution in [0.15, 0.2) is 41.6 Å². The third-order valence-electron chi connectivity index (χ3n) is 5.17. The molecule has 0 aliphatic carbocycles. The molecule has 12 heteroatoms. The average Bonchev–Trinajstić information content (AvgIpc) is 3.27. The highest BCUT2D eigenvalue weighted by molar-refractivity contribution is 6.34. The molecule has 0 saturated heterocycles. The lowest BCUT2D eigenvalue weighted by molar-refractivity contribution is -0.143.